The van der Waals surface area contributed by atoms with Gasteiger partial charge in [0.05, 0.1) is 34.0 Å². The van der Waals surface area contributed by atoms with Gasteiger partial charge in [-0.3, -0.25) is 9.78 Å². The molecule has 2 heterocycles. The van der Waals surface area contributed by atoms with Crippen molar-refractivity contribution in [3.8, 4) is 0 Å². The zero-order chi connectivity index (χ0) is 23.3. The fraction of sp³-hybridized carbons (Fsp3) is 0.739. The van der Waals surface area contributed by atoms with Crippen LogP contribution in [-0.2, 0) is 21.3 Å². The summed E-state index contributed by atoms with van der Waals surface area (Å²) in [6.45, 7) is 17.6. The summed E-state index contributed by atoms with van der Waals surface area (Å²) in [5, 5.41) is 9.20. The fourth-order valence-corrected chi connectivity index (χ4v) is 4.67. The van der Waals surface area contributed by atoms with Crippen molar-refractivity contribution in [1.29, 1.82) is 0 Å². The number of carbonyl (C=O) groups excluding carboxylic acids is 1. The molecule has 0 aliphatic carbocycles. The van der Waals surface area contributed by atoms with Crippen LogP contribution in [0.4, 0.5) is 5.69 Å². The maximum atomic E-state index is 12.3. The lowest BCUT2D eigenvalue weighted by atomic mass is 9.82. The van der Waals surface area contributed by atoms with Crippen LogP contribution >= 0.6 is 31.9 Å². The number of aliphatic hydroxyl groups is 1. The van der Waals surface area contributed by atoms with Crippen molar-refractivity contribution in [3.05, 3.63) is 21.4 Å². The lowest BCUT2D eigenvalue weighted by Gasteiger charge is -2.39. The van der Waals surface area contributed by atoms with Crippen molar-refractivity contribution >= 4 is 43.5 Å². The summed E-state index contributed by atoms with van der Waals surface area (Å²) in [5.41, 5.74) is 3.83. The molecule has 0 bridgehead atoms. The number of halogens is 2. The van der Waals surface area contributed by atoms with Gasteiger partial charge in [0.1, 0.15) is 0 Å². The quantitative estimate of drug-likeness (QED) is 0.363. The van der Waals surface area contributed by atoms with Crippen LogP contribution in [-0.4, -0.2) is 40.9 Å². The number of rotatable bonds is 5. The number of esters is 1. The van der Waals surface area contributed by atoms with Gasteiger partial charge in [-0.15, -0.1) is 0 Å². The predicted molar refractivity (Wildman–Crippen MR) is 131 cm³/mol. The average molecular weight is 550 g/mol. The maximum absolute atomic E-state index is 12.3. The number of hydrogen-bond donors (Lipinski definition) is 1. The van der Waals surface area contributed by atoms with E-state index in [2.05, 4.69) is 55.6 Å². The summed E-state index contributed by atoms with van der Waals surface area (Å²) in [6, 6.07) is 0. The van der Waals surface area contributed by atoms with Crippen LogP contribution in [0, 0.1) is 12.3 Å². The van der Waals surface area contributed by atoms with Crippen molar-refractivity contribution in [1.82, 2.24) is 4.98 Å². The standard InChI is InChI=1S/C19H28Br2N2O2.C4H10O/c1-12(2)25-16(24)10-14-13(3)22-15(11-20)17(21)18(14)23-8-6-19(4,5)7-9-23;1-4(2,3)5/h12H,6-11H2,1-5H3;5H,1-3H3. The molecule has 1 aromatic rings. The van der Waals surface area contributed by atoms with Crippen molar-refractivity contribution in [2.24, 2.45) is 5.41 Å². The van der Waals surface area contributed by atoms with E-state index in [0.717, 1.165) is 53.0 Å². The van der Waals surface area contributed by atoms with E-state index in [0.29, 0.717) is 10.7 Å². The largest absolute Gasteiger partial charge is 0.463 e. The third-order valence-corrected chi connectivity index (χ3v) is 6.10. The van der Waals surface area contributed by atoms with Gasteiger partial charge in [-0.05, 0) is 75.7 Å². The molecule has 1 aliphatic heterocycles. The number of carbonyl (C=O) groups is 1. The predicted octanol–water partition coefficient (Wildman–Crippen LogP) is 5.95. The monoisotopic (exact) mass is 548 g/mol. The van der Waals surface area contributed by atoms with E-state index in [9.17, 15) is 4.79 Å². The Kier molecular flexibility index (Phi) is 10.3. The molecule has 0 atom stereocenters. The number of ether oxygens (including phenoxy) is 1. The maximum Gasteiger partial charge on any atom is 0.310 e. The molecule has 1 saturated heterocycles. The van der Waals surface area contributed by atoms with Crippen molar-refractivity contribution in [2.75, 3.05) is 18.0 Å². The Bertz CT molecular complexity index is 712. The Morgan fingerprint density at radius 1 is 1.27 bits per heavy atom. The van der Waals surface area contributed by atoms with Gasteiger partial charge in [-0.2, -0.15) is 0 Å². The second kappa shape index (κ2) is 11.3. The lowest BCUT2D eigenvalue weighted by Crippen LogP contribution is -2.38. The lowest BCUT2D eigenvalue weighted by molar-refractivity contribution is -0.146. The van der Waals surface area contributed by atoms with Crippen molar-refractivity contribution in [3.63, 3.8) is 0 Å². The third kappa shape index (κ3) is 9.23. The Morgan fingerprint density at radius 2 is 1.77 bits per heavy atom. The highest BCUT2D eigenvalue weighted by atomic mass is 79.9. The first-order valence-corrected chi connectivity index (χ1v) is 12.5. The highest BCUT2D eigenvalue weighted by molar-refractivity contribution is 9.11. The average Bonchev–Trinajstić information content (AvgIpc) is 2.56. The number of piperidine rings is 1. The van der Waals surface area contributed by atoms with Gasteiger partial charge in [-0.25, -0.2) is 0 Å². The first-order chi connectivity index (χ1) is 13.6. The van der Waals surface area contributed by atoms with E-state index in [1.54, 1.807) is 20.8 Å². The molecular formula is C23H38Br2N2O3. The number of hydrogen-bond acceptors (Lipinski definition) is 5. The first kappa shape index (κ1) is 27.4. The Labute approximate surface area is 199 Å². The molecule has 30 heavy (non-hydrogen) atoms. The van der Waals surface area contributed by atoms with Crippen molar-refractivity contribution in [2.45, 2.75) is 91.7 Å². The normalized spacial score (nSPS) is 16.2. The third-order valence-electron chi connectivity index (χ3n) is 4.73. The second-order valence-electron chi connectivity index (χ2n) is 9.96. The number of anilines is 1. The molecule has 0 saturated carbocycles. The summed E-state index contributed by atoms with van der Waals surface area (Å²) >= 11 is 7.27. The van der Waals surface area contributed by atoms with Gasteiger partial charge in [-0.1, -0.05) is 29.8 Å². The number of aryl methyl sites for hydroxylation is 1. The Hall–Kier alpha value is -0.660. The molecule has 0 amide bonds. The van der Waals surface area contributed by atoms with Crippen LogP contribution in [0.15, 0.2) is 4.47 Å². The number of aromatic nitrogens is 1. The van der Waals surface area contributed by atoms with Crippen LogP contribution in [0.5, 0.6) is 0 Å². The highest BCUT2D eigenvalue weighted by Gasteiger charge is 2.29. The molecule has 7 heteroatoms. The van der Waals surface area contributed by atoms with E-state index in [-0.39, 0.29) is 18.5 Å². The molecule has 1 fully saturated rings. The Balaban J connectivity index is 0.000000804. The molecule has 0 aromatic carbocycles. The van der Waals surface area contributed by atoms with Gasteiger partial charge in [0.25, 0.3) is 0 Å². The van der Waals surface area contributed by atoms with Crippen LogP contribution < -0.4 is 4.90 Å². The molecule has 5 nitrogen and oxygen atoms in total. The summed E-state index contributed by atoms with van der Waals surface area (Å²) in [4.78, 5) is 19.4. The summed E-state index contributed by atoms with van der Waals surface area (Å²) in [7, 11) is 0. The van der Waals surface area contributed by atoms with Crippen molar-refractivity contribution < 1.29 is 14.6 Å². The van der Waals surface area contributed by atoms with Crippen LogP contribution in [0.1, 0.15) is 78.3 Å². The minimum Gasteiger partial charge on any atom is -0.463 e. The van der Waals surface area contributed by atoms with Gasteiger partial charge in [0, 0.05) is 29.7 Å². The van der Waals surface area contributed by atoms with Crippen LogP contribution in [0.25, 0.3) is 0 Å². The van der Waals surface area contributed by atoms with Gasteiger partial charge >= 0.3 is 5.97 Å². The molecule has 0 radical (unpaired) electrons. The number of pyridine rings is 1. The molecule has 172 valence electrons. The van der Waals surface area contributed by atoms with Gasteiger partial charge in [0.2, 0.25) is 0 Å². The molecule has 1 N–H and O–H groups in total. The second-order valence-corrected chi connectivity index (χ2v) is 11.3. The SMILES string of the molecule is CC(C)(C)O.Cc1nc(CBr)c(Br)c(N2CCC(C)(C)CC2)c1CC(=O)OC(C)C. The molecule has 0 unspecified atom stereocenters. The number of nitrogens with zero attached hydrogens (tertiary/aromatic N) is 2. The summed E-state index contributed by atoms with van der Waals surface area (Å²) in [5.74, 6) is -0.197. The highest BCUT2D eigenvalue weighted by Crippen LogP contribution is 2.39. The molecule has 0 spiro atoms. The van der Waals surface area contributed by atoms with E-state index in [4.69, 9.17) is 9.84 Å². The zero-order valence-corrected chi connectivity index (χ0v) is 22.9. The topological polar surface area (TPSA) is 62.7 Å². The minimum atomic E-state index is -0.500. The van der Waals surface area contributed by atoms with E-state index in [1.807, 2.05) is 20.8 Å². The summed E-state index contributed by atoms with van der Waals surface area (Å²) in [6.07, 6.45) is 2.43. The molecule has 2 rings (SSSR count). The van der Waals surface area contributed by atoms with E-state index < -0.39 is 5.60 Å². The van der Waals surface area contributed by atoms with E-state index >= 15 is 0 Å². The minimum absolute atomic E-state index is 0.106. The molecule has 1 aromatic heterocycles. The van der Waals surface area contributed by atoms with E-state index in [1.165, 1.54) is 0 Å². The zero-order valence-electron chi connectivity index (χ0n) is 19.7. The van der Waals surface area contributed by atoms with Crippen LogP contribution in [0.2, 0.25) is 0 Å². The molecule has 1 aliphatic rings. The first-order valence-electron chi connectivity index (χ1n) is 10.5. The smallest absolute Gasteiger partial charge is 0.310 e. The number of alkyl halides is 1. The Morgan fingerprint density at radius 3 is 2.20 bits per heavy atom. The van der Waals surface area contributed by atoms with Crippen LogP contribution in [0.3, 0.4) is 0 Å². The van der Waals surface area contributed by atoms with Gasteiger partial charge < -0.3 is 14.7 Å². The molecular weight excluding hydrogens is 512 g/mol. The van der Waals surface area contributed by atoms with Gasteiger partial charge in [0.15, 0.2) is 0 Å². The fourth-order valence-electron chi connectivity index (χ4n) is 3.17. The summed E-state index contributed by atoms with van der Waals surface area (Å²) < 4.78 is 6.36.